The van der Waals surface area contributed by atoms with Gasteiger partial charge in [0.05, 0.1) is 0 Å². The number of aryl methyl sites for hydroxylation is 2. The number of nitrogens with two attached hydrogens (primary N) is 1. The fraction of sp³-hybridized carbons (Fsp3) is 0.625. The van der Waals surface area contributed by atoms with Gasteiger partial charge in [0.2, 0.25) is 0 Å². The van der Waals surface area contributed by atoms with Crippen LogP contribution in [0.3, 0.4) is 0 Å². The van der Waals surface area contributed by atoms with E-state index in [4.69, 9.17) is 5.73 Å². The second-order valence-electron chi connectivity index (χ2n) is 6.46. The van der Waals surface area contributed by atoms with E-state index in [-0.39, 0.29) is 0 Å². The first kappa shape index (κ1) is 12.9. The van der Waals surface area contributed by atoms with Crippen molar-refractivity contribution in [1.29, 1.82) is 0 Å². The SMILES string of the molecule is Cc1ccc(N2CCC3(CN(CCN)C3)C2)c(C)c1. The topological polar surface area (TPSA) is 32.5 Å². The smallest absolute Gasteiger partial charge is 0.0396 e. The Balaban J connectivity index is 1.66. The van der Waals surface area contributed by atoms with Crippen LogP contribution >= 0.6 is 0 Å². The Bertz CT molecular complexity index is 463. The molecule has 0 radical (unpaired) electrons. The Kier molecular flexibility index (Phi) is 3.27. The van der Waals surface area contributed by atoms with Gasteiger partial charge in [0, 0.05) is 50.4 Å². The highest BCUT2D eigenvalue weighted by Crippen LogP contribution is 2.41. The van der Waals surface area contributed by atoms with Crippen molar-refractivity contribution in [2.45, 2.75) is 20.3 Å². The minimum absolute atomic E-state index is 0.548. The zero-order valence-corrected chi connectivity index (χ0v) is 12.2. The molecule has 0 unspecified atom stereocenters. The number of hydrogen-bond donors (Lipinski definition) is 1. The quantitative estimate of drug-likeness (QED) is 0.898. The maximum absolute atomic E-state index is 5.63. The molecule has 0 saturated carbocycles. The molecule has 0 atom stereocenters. The van der Waals surface area contributed by atoms with E-state index in [0.717, 1.165) is 13.1 Å². The fourth-order valence-corrected chi connectivity index (χ4v) is 3.80. The summed E-state index contributed by atoms with van der Waals surface area (Å²) in [4.78, 5) is 5.07. The summed E-state index contributed by atoms with van der Waals surface area (Å²) < 4.78 is 0. The van der Waals surface area contributed by atoms with Crippen LogP contribution in [0.5, 0.6) is 0 Å². The van der Waals surface area contributed by atoms with Gasteiger partial charge in [-0.05, 0) is 31.9 Å². The number of nitrogens with zero attached hydrogens (tertiary/aromatic N) is 2. The lowest BCUT2D eigenvalue weighted by Crippen LogP contribution is -2.58. The van der Waals surface area contributed by atoms with Crippen LogP contribution < -0.4 is 10.6 Å². The number of anilines is 1. The lowest BCUT2D eigenvalue weighted by Gasteiger charge is -2.48. The molecule has 3 rings (SSSR count). The average Bonchev–Trinajstić information content (AvgIpc) is 2.74. The third kappa shape index (κ3) is 2.37. The van der Waals surface area contributed by atoms with Gasteiger partial charge in [-0.1, -0.05) is 17.7 Å². The monoisotopic (exact) mass is 259 g/mol. The molecule has 3 nitrogen and oxygen atoms in total. The summed E-state index contributed by atoms with van der Waals surface area (Å²) in [5, 5.41) is 0. The van der Waals surface area contributed by atoms with Crippen molar-refractivity contribution in [3.05, 3.63) is 29.3 Å². The van der Waals surface area contributed by atoms with Gasteiger partial charge in [-0.3, -0.25) is 0 Å². The van der Waals surface area contributed by atoms with Crippen LogP contribution in [0.1, 0.15) is 17.5 Å². The van der Waals surface area contributed by atoms with E-state index in [1.807, 2.05) is 0 Å². The first-order valence-corrected chi connectivity index (χ1v) is 7.37. The van der Waals surface area contributed by atoms with Gasteiger partial charge >= 0.3 is 0 Å². The summed E-state index contributed by atoms with van der Waals surface area (Å²) in [6, 6.07) is 6.82. The first-order chi connectivity index (χ1) is 9.12. The Hall–Kier alpha value is -1.06. The van der Waals surface area contributed by atoms with Crippen LogP contribution in [0.15, 0.2) is 18.2 Å². The highest BCUT2D eigenvalue weighted by Gasteiger charge is 2.47. The Morgan fingerprint density at radius 3 is 2.68 bits per heavy atom. The molecule has 2 aliphatic heterocycles. The van der Waals surface area contributed by atoms with E-state index < -0.39 is 0 Å². The van der Waals surface area contributed by atoms with E-state index in [1.165, 1.54) is 49.4 Å². The zero-order chi connectivity index (χ0) is 13.5. The van der Waals surface area contributed by atoms with E-state index in [1.54, 1.807) is 0 Å². The van der Waals surface area contributed by atoms with Crippen molar-refractivity contribution >= 4 is 5.69 Å². The molecular formula is C16H25N3. The predicted octanol–water partition coefficient (Wildman–Crippen LogP) is 1.77. The molecule has 2 saturated heterocycles. The first-order valence-electron chi connectivity index (χ1n) is 7.37. The highest BCUT2D eigenvalue weighted by molar-refractivity contribution is 5.55. The van der Waals surface area contributed by atoms with Crippen LogP contribution in [0.2, 0.25) is 0 Å². The average molecular weight is 259 g/mol. The van der Waals surface area contributed by atoms with Gasteiger partial charge in [-0.25, -0.2) is 0 Å². The third-order valence-corrected chi connectivity index (χ3v) is 4.69. The number of rotatable bonds is 3. The number of benzene rings is 1. The van der Waals surface area contributed by atoms with E-state index >= 15 is 0 Å². The van der Waals surface area contributed by atoms with Crippen molar-refractivity contribution in [2.24, 2.45) is 11.1 Å². The molecule has 2 fully saturated rings. The molecule has 2 aliphatic rings. The summed E-state index contributed by atoms with van der Waals surface area (Å²) in [7, 11) is 0. The molecular weight excluding hydrogens is 234 g/mol. The molecule has 0 aromatic heterocycles. The lowest BCUT2D eigenvalue weighted by atomic mass is 9.79. The van der Waals surface area contributed by atoms with Gasteiger partial charge in [-0.2, -0.15) is 0 Å². The maximum atomic E-state index is 5.63. The normalized spacial score (nSPS) is 21.9. The van der Waals surface area contributed by atoms with Gasteiger partial charge in [0.15, 0.2) is 0 Å². The Morgan fingerprint density at radius 2 is 2.00 bits per heavy atom. The van der Waals surface area contributed by atoms with Crippen LogP contribution in [0, 0.1) is 19.3 Å². The molecule has 0 bridgehead atoms. The van der Waals surface area contributed by atoms with Crippen LogP contribution in [0.25, 0.3) is 0 Å². The molecule has 1 aromatic carbocycles. The fourth-order valence-electron chi connectivity index (χ4n) is 3.80. The number of likely N-dealkylation sites (tertiary alicyclic amines) is 1. The van der Waals surface area contributed by atoms with Crippen molar-refractivity contribution in [3.8, 4) is 0 Å². The van der Waals surface area contributed by atoms with Crippen LogP contribution in [-0.2, 0) is 0 Å². The van der Waals surface area contributed by atoms with Gasteiger partial charge in [-0.15, -0.1) is 0 Å². The van der Waals surface area contributed by atoms with Crippen molar-refractivity contribution in [1.82, 2.24) is 4.90 Å². The highest BCUT2D eigenvalue weighted by atomic mass is 15.3. The molecule has 1 spiro atoms. The number of hydrogen-bond acceptors (Lipinski definition) is 3. The summed E-state index contributed by atoms with van der Waals surface area (Å²) in [6.07, 6.45) is 1.33. The predicted molar refractivity (Wildman–Crippen MR) is 80.7 cm³/mol. The van der Waals surface area contributed by atoms with Crippen molar-refractivity contribution in [3.63, 3.8) is 0 Å². The summed E-state index contributed by atoms with van der Waals surface area (Å²) >= 11 is 0. The standard InChI is InChI=1S/C16H25N3/c1-13-3-4-15(14(2)9-13)19-7-5-16(12-19)10-18(11-16)8-6-17/h3-4,9H,5-8,10-12,17H2,1-2H3. The minimum Gasteiger partial charge on any atom is -0.371 e. The largest absolute Gasteiger partial charge is 0.371 e. The lowest BCUT2D eigenvalue weighted by molar-refractivity contribution is 0.0213. The summed E-state index contributed by atoms with van der Waals surface area (Å²) in [5.74, 6) is 0. The molecule has 3 heteroatoms. The van der Waals surface area contributed by atoms with E-state index in [2.05, 4.69) is 41.8 Å². The van der Waals surface area contributed by atoms with Crippen LogP contribution in [0.4, 0.5) is 5.69 Å². The molecule has 104 valence electrons. The molecule has 19 heavy (non-hydrogen) atoms. The molecule has 1 aromatic rings. The summed E-state index contributed by atoms with van der Waals surface area (Å²) in [5.41, 5.74) is 10.4. The Labute approximate surface area is 116 Å². The molecule has 2 N–H and O–H groups in total. The van der Waals surface area contributed by atoms with Gasteiger partial charge in [0.1, 0.15) is 0 Å². The molecule has 0 aliphatic carbocycles. The molecule has 0 amide bonds. The van der Waals surface area contributed by atoms with Crippen molar-refractivity contribution in [2.75, 3.05) is 44.2 Å². The Morgan fingerprint density at radius 1 is 1.21 bits per heavy atom. The molecule has 2 heterocycles. The second-order valence-corrected chi connectivity index (χ2v) is 6.46. The van der Waals surface area contributed by atoms with Gasteiger partial charge in [0.25, 0.3) is 0 Å². The zero-order valence-electron chi connectivity index (χ0n) is 12.2. The van der Waals surface area contributed by atoms with E-state index in [9.17, 15) is 0 Å². The maximum Gasteiger partial charge on any atom is 0.0396 e. The third-order valence-electron chi connectivity index (χ3n) is 4.69. The van der Waals surface area contributed by atoms with Gasteiger partial charge < -0.3 is 15.5 Å². The minimum atomic E-state index is 0.548. The van der Waals surface area contributed by atoms with E-state index in [0.29, 0.717) is 5.41 Å². The van der Waals surface area contributed by atoms with Crippen LogP contribution in [-0.4, -0.2) is 44.2 Å². The van der Waals surface area contributed by atoms with Crippen molar-refractivity contribution < 1.29 is 0 Å². The second kappa shape index (κ2) is 4.80. The summed E-state index contributed by atoms with van der Waals surface area (Å²) in [6.45, 7) is 11.2.